The van der Waals surface area contributed by atoms with Crippen LogP contribution < -0.4 is 15.5 Å². The van der Waals surface area contributed by atoms with E-state index in [0.717, 1.165) is 71.7 Å². The normalized spacial score (nSPS) is 14.8. The van der Waals surface area contributed by atoms with E-state index in [-0.39, 0.29) is 30.6 Å². The summed E-state index contributed by atoms with van der Waals surface area (Å²) in [7, 11) is 0. The Balaban J connectivity index is 0.00000160. The number of nitrogen functional groups attached to an aromatic ring is 1. The van der Waals surface area contributed by atoms with Crippen LogP contribution in [-0.2, 0) is 6.42 Å². The summed E-state index contributed by atoms with van der Waals surface area (Å²) in [6.45, 7) is 5.52. The number of H-pyrrole nitrogens is 1. The van der Waals surface area contributed by atoms with Gasteiger partial charge in [-0.25, -0.2) is 23.9 Å². The van der Waals surface area contributed by atoms with Gasteiger partial charge in [0, 0.05) is 36.3 Å². The fourth-order valence-corrected chi connectivity index (χ4v) is 5.40. The molecule has 1 aliphatic rings. The zero-order chi connectivity index (χ0) is 24.0. The fourth-order valence-electron chi connectivity index (χ4n) is 5.40. The smallest absolute Gasteiger partial charge is 0.236 e. The van der Waals surface area contributed by atoms with Gasteiger partial charge >= 0.3 is 0 Å². The van der Waals surface area contributed by atoms with Gasteiger partial charge in [0.2, 0.25) is 5.82 Å². The van der Waals surface area contributed by atoms with Gasteiger partial charge in [0.25, 0.3) is 0 Å². The molecule has 4 N–H and O–H groups in total. The number of benzene rings is 3. The molecule has 3 aromatic carbocycles. The van der Waals surface area contributed by atoms with E-state index >= 15 is 0 Å². The molecule has 10 heteroatoms. The first-order valence-electron chi connectivity index (χ1n) is 12.0. The Labute approximate surface area is 226 Å². The maximum Gasteiger partial charge on any atom is 0.236 e. The van der Waals surface area contributed by atoms with Crippen molar-refractivity contribution in [1.29, 1.82) is 0 Å². The lowest BCUT2D eigenvalue weighted by Crippen LogP contribution is -2.57. The lowest BCUT2D eigenvalue weighted by atomic mass is 10.0. The van der Waals surface area contributed by atoms with Crippen LogP contribution in [0.15, 0.2) is 60.7 Å². The third-order valence-electron chi connectivity index (χ3n) is 7.07. The van der Waals surface area contributed by atoms with E-state index in [9.17, 15) is 4.39 Å². The molecule has 0 radical (unpaired) electrons. The molecular formula is C27H29Cl2FN7+. The van der Waals surface area contributed by atoms with E-state index in [0.29, 0.717) is 21.5 Å². The predicted octanol–water partition coefficient (Wildman–Crippen LogP) is 5.54. The molecule has 0 bridgehead atoms. The fraction of sp³-hybridized carbons (Fsp3) is 0.222. The van der Waals surface area contributed by atoms with E-state index in [2.05, 4.69) is 28.5 Å². The van der Waals surface area contributed by atoms with Gasteiger partial charge in [0.1, 0.15) is 35.8 Å². The molecule has 3 heterocycles. The summed E-state index contributed by atoms with van der Waals surface area (Å²) in [6, 6.07) is 18.9. The number of anilines is 1. The minimum atomic E-state index is -0.288. The monoisotopic (exact) mass is 540 g/mol. The van der Waals surface area contributed by atoms with E-state index in [1.807, 2.05) is 42.5 Å². The summed E-state index contributed by atoms with van der Waals surface area (Å²) in [4.78, 5) is 9.80. The molecule has 0 aliphatic carbocycles. The lowest BCUT2D eigenvalue weighted by molar-refractivity contribution is 0.323. The van der Waals surface area contributed by atoms with Crippen molar-refractivity contribution in [3.8, 4) is 11.3 Å². The van der Waals surface area contributed by atoms with Crippen LogP contribution in [0.3, 0.4) is 0 Å². The highest BCUT2D eigenvalue weighted by molar-refractivity contribution is 5.94. The summed E-state index contributed by atoms with van der Waals surface area (Å²) in [5, 5.41) is 12.2. The quantitative estimate of drug-likeness (QED) is 0.260. The van der Waals surface area contributed by atoms with Crippen molar-refractivity contribution in [2.45, 2.75) is 13.3 Å². The first-order valence-corrected chi connectivity index (χ1v) is 12.0. The average Bonchev–Trinajstić information content (AvgIpc) is 3.32. The molecule has 192 valence electrons. The number of aromatic nitrogens is 4. The first-order chi connectivity index (χ1) is 17.1. The Morgan fingerprint density at radius 3 is 2.43 bits per heavy atom. The van der Waals surface area contributed by atoms with E-state index in [4.69, 9.17) is 15.7 Å². The maximum atomic E-state index is 13.9. The summed E-state index contributed by atoms with van der Waals surface area (Å²) in [6.07, 6.45) is 0.785. The molecule has 37 heavy (non-hydrogen) atoms. The van der Waals surface area contributed by atoms with Crippen LogP contribution in [0.5, 0.6) is 0 Å². The van der Waals surface area contributed by atoms with Crippen LogP contribution in [0.4, 0.5) is 21.7 Å². The molecule has 5 aromatic rings. The Bertz CT molecular complexity index is 1550. The highest BCUT2D eigenvalue weighted by atomic mass is 35.5. The van der Waals surface area contributed by atoms with Crippen molar-refractivity contribution < 1.29 is 4.39 Å². The standard InChI is InChI=1S/C27H27FN7.2ClH/c1-2-19-23(11-10-21-25(19)32-24(26(29)31-21)17-6-4-3-5-7-17)35(14-12-30-13-15-35)27-20-9-8-18(28)16-22(20)33-34-27;;/h3-11,16,30H,2,12-15H2,1H3,(H2,29,31)(H,33,34);2*1H/q+1;;. The number of halogens is 3. The SMILES string of the molecule is CCc1c([N+]2(c3[nH]nc4cc(F)ccc34)CCNCC2)ccc2nc(N)c(-c3ccccc3)nc12.Cl.Cl. The second-order valence-electron chi connectivity index (χ2n) is 9.01. The van der Waals surface area contributed by atoms with Crippen LogP contribution in [0, 0.1) is 5.82 Å². The van der Waals surface area contributed by atoms with Gasteiger partial charge in [-0.05, 0) is 24.6 Å². The molecule has 0 amide bonds. The first kappa shape index (κ1) is 26.8. The number of nitrogens with two attached hydrogens (primary N) is 1. The number of nitrogens with zero attached hydrogens (tertiary/aromatic N) is 4. The summed E-state index contributed by atoms with van der Waals surface area (Å²) >= 11 is 0. The number of rotatable bonds is 4. The third-order valence-corrected chi connectivity index (χ3v) is 7.07. The van der Waals surface area contributed by atoms with Gasteiger partial charge in [-0.15, -0.1) is 24.8 Å². The summed E-state index contributed by atoms with van der Waals surface area (Å²) in [5.41, 5.74) is 12.6. The molecule has 1 aliphatic heterocycles. The molecule has 0 spiro atoms. The lowest BCUT2D eigenvalue weighted by Gasteiger charge is -2.40. The Hall–Kier alpha value is -3.30. The maximum absolute atomic E-state index is 13.9. The van der Waals surface area contributed by atoms with E-state index < -0.39 is 0 Å². The number of fused-ring (bicyclic) bond motifs is 2. The average molecular weight is 541 g/mol. The molecule has 0 saturated carbocycles. The second kappa shape index (κ2) is 10.6. The van der Waals surface area contributed by atoms with E-state index in [1.165, 1.54) is 12.1 Å². The molecule has 0 unspecified atom stereocenters. The van der Waals surface area contributed by atoms with Crippen molar-refractivity contribution in [2.24, 2.45) is 0 Å². The van der Waals surface area contributed by atoms with Gasteiger partial charge in [-0.1, -0.05) is 37.3 Å². The van der Waals surface area contributed by atoms with Crippen LogP contribution in [0.25, 0.3) is 33.2 Å². The van der Waals surface area contributed by atoms with Crippen LogP contribution in [0.1, 0.15) is 12.5 Å². The molecule has 1 fully saturated rings. The zero-order valence-corrected chi connectivity index (χ0v) is 22.0. The van der Waals surface area contributed by atoms with Crippen molar-refractivity contribution >= 4 is 64.1 Å². The highest BCUT2D eigenvalue weighted by Crippen LogP contribution is 2.42. The van der Waals surface area contributed by atoms with Crippen LogP contribution in [0.2, 0.25) is 0 Å². The number of aryl methyl sites for hydroxylation is 1. The summed E-state index contributed by atoms with van der Waals surface area (Å²) in [5.74, 6) is 1.11. The van der Waals surface area contributed by atoms with Crippen LogP contribution >= 0.6 is 24.8 Å². The molecule has 2 aromatic heterocycles. The van der Waals surface area contributed by atoms with Crippen molar-refractivity contribution in [2.75, 3.05) is 31.9 Å². The molecule has 0 atom stereocenters. The van der Waals surface area contributed by atoms with Gasteiger partial charge in [-0.2, -0.15) is 5.10 Å². The van der Waals surface area contributed by atoms with Crippen molar-refractivity contribution in [3.05, 3.63) is 72.0 Å². The molecular weight excluding hydrogens is 512 g/mol. The molecule has 1 saturated heterocycles. The van der Waals surface area contributed by atoms with Gasteiger partial charge in [0.05, 0.1) is 16.4 Å². The minimum Gasteiger partial charge on any atom is -0.382 e. The number of aromatic amines is 1. The van der Waals surface area contributed by atoms with Gasteiger partial charge in [-0.3, -0.25) is 0 Å². The largest absolute Gasteiger partial charge is 0.382 e. The molecule has 7 nitrogen and oxygen atoms in total. The second-order valence-corrected chi connectivity index (χ2v) is 9.01. The minimum absolute atomic E-state index is 0. The zero-order valence-electron chi connectivity index (χ0n) is 20.4. The molecule has 6 rings (SSSR count). The Morgan fingerprint density at radius 1 is 0.946 bits per heavy atom. The van der Waals surface area contributed by atoms with Crippen molar-refractivity contribution in [1.82, 2.24) is 30.0 Å². The number of hydrogen-bond acceptors (Lipinski definition) is 5. The summed E-state index contributed by atoms with van der Waals surface area (Å²) < 4.78 is 14.5. The Morgan fingerprint density at radius 2 is 1.70 bits per heavy atom. The highest BCUT2D eigenvalue weighted by Gasteiger charge is 2.40. The van der Waals surface area contributed by atoms with Crippen molar-refractivity contribution in [3.63, 3.8) is 0 Å². The number of hydrogen-bond donors (Lipinski definition) is 3. The topological polar surface area (TPSA) is 92.5 Å². The van der Waals surface area contributed by atoms with Gasteiger partial charge < -0.3 is 11.1 Å². The number of quaternary nitrogens is 1. The number of nitrogens with one attached hydrogen (secondary N) is 2. The van der Waals surface area contributed by atoms with Crippen LogP contribution in [-0.4, -0.2) is 46.3 Å². The van der Waals surface area contributed by atoms with Gasteiger partial charge in [0.15, 0.2) is 5.82 Å². The Kier molecular flexibility index (Phi) is 7.66. The number of piperazine rings is 1. The van der Waals surface area contributed by atoms with E-state index in [1.54, 1.807) is 0 Å². The predicted molar refractivity (Wildman–Crippen MR) is 153 cm³/mol. The third kappa shape index (κ3) is 4.40.